The Labute approximate surface area is 152 Å². The molecule has 0 bridgehead atoms. The number of nitrogens with zero attached hydrogens (tertiary/aromatic N) is 1. The van der Waals surface area contributed by atoms with Crippen molar-refractivity contribution in [3.63, 3.8) is 0 Å². The van der Waals surface area contributed by atoms with Gasteiger partial charge in [-0.05, 0) is 42.5 Å². The van der Waals surface area contributed by atoms with Crippen LogP contribution in [-0.2, 0) is 6.54 Å². The molecule has 3 aromatic rings. The van der Waals surface area contributed by atoms with Crippen LogP contribution in [0.3, 0.4) is 0 Å². The number of ether oxygens (including phenoxy) is 1. The minimum absolute atomic E-state index is 0.0802. The number of benzene rings is 2. The van der Waals surface area contributed by atoms with Crippen LogP contribution >= 0.6 is 23.2 Å². The van der Waals surface area contributed by atoms with E-state index in [0.29, 0.717) is 28.9 Å². The highest BCUT2D eigenvalue weighted by atomic mass is 35.5. The van der Waals surface area contributed by atoms with Crippen LogP contribution in [0.4, 0.5) is 14.5 Å². The Kier molecular flexibility index (Phi) is 5.40. The Hall–Kier alpha value is -2.31. The lowest BCUT2D eigenvalue weighted by Crippen LogP contribution is -2.03. The predicted octanol–water partition coefficient (Wildman–Crippen LogP) is 5.86. The maximum Gasteiger partial charge on any atom is 0.387 e. The summed E-state index contributed by atoms with van der Waals surface area (Å²) in [6, 6.07) is 11.6. The molecule has 1 heterocycles. The number of nitrogens with one attached hydrogen (secondary N) is 1. The third kappa shape index (κ3) is 4.61. The fraction of sp³-hybridized carbons (Fsp3) is 0.118. The molecule has 0 spiro atoms. The monoisotopic (exact) mass is 384 g/mol. The van der Waals surface area contributed by atoms with Crippen molar-refractivity contribution in [2.75, 3.05) is 5.32 Å². The third-order valence-electron chi connectivity index (χ3n) is 3.27. The molecule has 4 nitrogen and oxygen atoms in total. The van der Waals surface area contributed by atoms with Crippen LogP contribution in [0.25, 0.3) is 11.3 Å². The van der Waals surface area contributed by atoms with Gasteiger partial charge in [0.05, 0.1) is 17.8 Å². The predicted molar refractivity (Wildman–Crippen MR) is 92.4 cm³/mol. The number of hydrogen-bond acceptors (Lipinski definition) is 4. The molecular weight excluding hydrogens is 373 g/mol. The largest absolute Gasteiger partial charge is 0.439 e. The Morgan fingerprint density at radius 2 is 1.88 bits per heavy atom. The highest BCUT2D eigenvalue weighted by molar-refractivity contribution is 6.32. The first-order valence-corrected chi connectivity index (χ1v) is 7.96. The smallest absolute Gasteiger partial charge is 0.387 e. The quantitative estimate of drug-likeness (QED) is 0.577. The van der Waals surface area contributed by atoms with E-state index in [4.69, 9.17) is 27.6 Å². The number of hydrogen-bond donors (Lipinski definition) is 1. The SMILES string of the molecule is FC(F)Oc1ccc(NCc2ncc(-c3ccc(Cl)cc3)o2)cc1Cl. The summed E-state index contributed by atoms with van der Waals surface area (Å²) in [7, 11) is 0. The second kappa shape index (κ2) is 7.72. The van der Waals surface area contributed by atoms with Crippen LogP contribution in [0.2, 0.25) is 10.0 Å². The van der Waals surface area contributed by atoms with Gasteiger partial charge >= 0.3 is 6.61 Å². The van der Waals surface area contributed by atoms with Crippen molar-refractivity contribution in [1.29, 1.82) is 0 Å². The van der Waals surface area contributed by atoms with Gasteiger partial charge in [-0.1, -0.05) is 23.2 Å². The number of anilines is 1. The summed E-state index contributed by atoms with van der Waals surface area (Å²) in [5.41, 5.74) is 1.48. The van der Waals surface area contributed by atoms with E-state index in [1.807, 2.05) is 12.1 Å². The highest BCUT2D eigenvalue weighted by Crippen LogP contribution is 2.29. The van der Waals surface area contributed by atoms with Gasteiger partial charge in [0, 0.05) is 16.3 Å². The van der Waals surface area contributed by atoms with Crippen LogP contribution in [0.15, 0.2) is 53.1 Å². The Balaban J connectivity index is 1.64. The molecule has 0 aliphatic carbocycles. The highest BCUT2D eigenvalue weighted by Gasteiger charge is 2.10. The Morgan fingerprint density at radius 3 is 2.56 bits per heavy atom. The first-order valence-electron chi connectivity index (χ1n) is 7.20. The lowest BCUT2D eigenvalue weighted by molar-refractivity contribution is -0.0497. The number of aromatic nitrogens is 1. The van der Waals surface area contributed by atoms with Gasteiger partial charge in [-0.25, -0.2) is 4.98 Å². The van der Waals surface area contributed by atoms with Crippen molar-refractivity contribution < 1.29 is 17.9 Å². The van der Waals surface area contributed by atoms with Gasteiger partial charge in [-0.15, -0.1) is 0 Å². The number of oxazole rings is 1. The molecule has 0 aliphatic heterocycles. The minimum atomic E-state index is -2.92. The molecule has 0 radical (unpaired) electrons. The Morgan fingerprint density at radius 1 is 1.12 bits per heavy atom. The second-order valence-electron chi connectivity index (χ2n) is 5.00. The molecule has 2 aromatic carbocycles. The number of rotatable bonds is 6. The van der Waals surface area contributed by atoms with E-state index in [2.05, 4.69) is 15.0 Å². The van der Waals surface area contributed by atoms with Gasteiger partial charge in [0.2, 0.25) is 5.89 Å². The molecule has 0 aliphatic rings. The molecule has 0 amide bonds. The van der Waals surface area contributed by atoms with Crippen molar-refractivity contribution in [1.82, 2.24) is 4.98 Å². The molecule has 0 atom stereocenters. The normalized spacial score (nSPS) is 10.9. The molecule has 1 N–H and O–H groups in total. The molecule has 130 valence electrons. The summed E-state index contributed by atoms with van der Waals surface area (Å²) >= 11 is 11.8. The summed E-state index contributed by atoms with van der Waals surface area (Å²) in [5, 5.41) is 3.77. The first-order chi connectivity index (χ1) is 12.0. The summed E-state index contributed by atoms with van der Waals surface area (Å²) < 4.78 is 34.4. The molecule has 0 saturated carbocycles. The maximum absolute atomic E-state index is 12.2. The van der Waals surface area contributed by atoms with Crippen molar-refractivity contribution in [3.8, 4) is 17.1 Å². The molecule has 3 rings (SSSR count). The van der Waals surface area contributed by atoms with Gasteiger partial charge in [0.25, 0.3) is 0 Å². The fourth-order valence-corrected chi connectivity index (χ4v) is 2.47. The Bertz CT molecular complexity index is 854. The zero-order valence-electron chi connectivity index (χ0n) is 12.7. The van der Waals surface area contributed by atoms with Crippen molar-refractivity contribution in [2.45, 2.75) is 13.2 Å². The summed E-state index contributed by atoms with van der Waals surface area (Å²) in [6.07, 6.45) is 1.62. The lowest BCUT2D eigenvalue weighted by Gasteiger charge is -2.09. The van der Waals surface area contributed by atoms with Crippen LogP contribution in [-0.4, -0.2) is 11.6 Å². The topological polar surface area (TPSA) is 47.3 Å². The van der Waals surface area contributed by atoms with Crippen LogP contribution < -0.4 is 10.1 Å². The average Bonchev–Trinajstić information content (AvgIpc) is 3.04. The first kappa shape index (κ1) is 17.5. The van der Waals surface area contributed by atoms with Crippen LogP contribution in [0.1, 0.15) is 5.89 Å². The van der Waals surface area contributed by atoms with E-state index >= 15 is 0 Å². The van der Waals surface area contributed by atoms with E-state index in [0.717, 1.165) is 5.56 Å². The molecule has 1 aromatic heterocycles. The van der Waals surface area contributed by atoms with E-state index in [1.54, 1.807) is 24.4 Å². The minimum Gasteiger partial charge on any atom is -0.439 e. The fourth-order valence-electron chi connectivity index (χ4n) is 2.12. The van der Waals surface area contributed by atoms with Gasteiger partial charge < -0.3 is 14.5 Å². The molecular formula is C17H12Cl2F2N2O2. The number of alkyl halides is 2. The van der Waals surface area contributed by atoms with Crippen molar-refractivity contribution in [2.24, 2.45) is 0 Å². The van der Waals surface area contributed by atoms with Gasteiger partial charge in [-0.2, -0.15) is 8.78 Å². The molecule has 25 heavy (non-hydrogen) atoms. The lowest BCUT2D eigenvalue weighted by atomic mass is 10.2. The van der Waals surface area contributed by atoms with Crippen LogP contribution in [0.5, 0.6) is 5.75 Å². The summed E-state index contributed by atoms with van der Waals surface area (Å²) in [5.74, 6) is 1.00. The zero-order chi connectivity index (χ0) is 17.8. The summed E-state index contributed by atoms with van der Waals surface area (Å²) in [6.45, 7) is -2.62. The van der Waals surface area contributed by atoms with E-state index < -0.39 is 6.61 Å². The van der Waals surface area contributed by atoms with Gasteiger partial charge in [0.1, 0.15) is 5.75 Å². The standard InChI is InChI=1S/C17H12Cl2F2N2O2/c18-11-3-1-10(2-4-11)15-8-23-16(24-15)9-22-12-5-6-14(13(19)7-12)25-17(20)21/h1-8,17,22H,9H2. The molecule has 8 heteroatoms. The van der Waals surface area contributed by atoms with Gasteiger partial charge in [-0.3, -0.25) is 0 Å². The molecule has 0 fully saturated rings. The maximum atomic E-state index is 12.2. The third-order valence-corrected chi connectivity index (χ3v) is 3.82. The van der Waals surface area contributed by atoms with E-state index in [-0.39, 0.29) is 10.8 Å². The van der Waals surface area contributed by atoms with Crippen molar-refractivity contribution in [3.05, 3.63) is 64.6 Å². The zero-order valence-corrected chi connectivity index (χ0v) is 14.2. The van der Waals surface area contributed by atoms with E-state index in [9.17, 15) is 8.78 Å². The second-order valence-corrected chi connectivity index (χ2v) is 5.85. The number of halogens is 4. The molecule has 0 saturated heterocycles. The average molecular weight is 385 g/mol. The van der Waals surface area contributed by atoms with Gasteiger partial charge in [0.15, 0.2) is 5.76 Å². The summed E-state index contributed by atoms with van der Waals surface area (Å²) in [4.78, 5) is 4.19. The van der Waals surface area contributed by atoms with E-state index in [1.165, 1.54) is 12.1 Å². The molecule has 0 unspecified atom stereocenters. The van der Waals surface area contributed by atoms with Crippen molar-refractivity contribution >= 4 is 28.9 Å². The van der Waals surface area contributed by atoms with Crippen LogP contribution in [0, 0.1) is 0 Å².